The van der Waals surface area contributed by atoms with Crippen LogP contribution in [-0.2, 0) is 4.79 Å². The Labute approximate surface area is 145 Å². The van der Waals surface area contributed by atoms with Gasteiger partial charge < -0.3 is 16.0 Å². The van der Waals surface area contributed by atoms with Gasteiger partial charge in [-0.25, -0.2) is 0 Å². The number of rotatable bonds is 3. The molecule has 0 heterocycles. The highest BCUT2D eigenvalue weighted by atomic mass is 79.9. The van der Waals surface area contributed by atoms with E-state index in [0.29, 0.717) is 0 Å². The molecule has 0 saturated carbocycles. The van der Waals surface area contributed by atoms with E-state index >= 15 is 0 Å². The molecule has 0 aliphatic rings. The summed E-state index contributed by atoms with van der Waals surface area (Å²) in [7, 11) is 0. The minimum Gasteiger partial charge on any atom is -0.339 e. The van der Waals surface area contributed by atoms with E-state index in [1.165, 1.54) is 6.92 Å². The van der Waals surface area contributed by atoms with Crippen molar-refractivity contribution in [3.63, 3.8) is 0 Å². The molecule has 1 amide bonds. The predicted octanol–water partition coefficient (Wildman–Crippen LogP) is 3.57. The molecule has 0 aliphatic heterocycles. The molecule has 0 unspecified atom stereocenters. The summed E-state index contributed by atoms with van der Waals surface area (Å²) in [6, 6.07) is 7.37. The van der Waals surface area contributed by atoms with Gasteiger partial charge in [-0.2, -0.15) is 0 Å². The number of nitrogens with one attached hydrogen (secondary N) is 3. The third kappa shape index (κ3) is 6.45. The first-order valence-electron chi connectivity index (χ1n) is 5.35. The Balaban J connectivity index is 2.69. The van der Waals surface area contributed by atoms with Gasteiger partial charge in [0.2, 0.25) is 9.70 Å². The van der Waals surface area contributed by atoms with Gasteiger partial charge in [0.1, 0.15) is 6.17 Å². The van der Waals surface area contributed by atoms with Crippen LogP contribution in [0.4, 0.5) is 5.69 Å². The number of hydrogen-bond donors (Lipinski definition) is 3. The lowest BCUT2D eigenvalue weighted by Crippen LogP contribution is -2.55. The van der Waals surface area contributed by atoms with Crippen LogP contribution in [-0.4, -0.2) is 21.0 Å². The molecule has 20 heavy (non-hydrogen) atoms. The summed E-state index contributed by atoms with van der Waals surface area (Å²) in [4.78, 5) is 11.1. The molecule has 1 aromatic rings. The molecule has 0 radical (unpaired) electrons. The Hall–Kier alpha value is -0.270. The predicted molar refractivity (Wildman–Crippen MR) is 91.4 cm³/mol. The molecule has 1 aromatic carbocycles. The van der Waals surface area contributed by atoms with Crippen LogP contribution in [0.25, 0.3) is 0 Å². The molecule has 3 N–H and O–H groups in total. The van der Waals surface area contributed by atoms with Crippen LogP contribution in [0, 0.1) is 0 Å². The van der Waals surface area contributed by atoms with E-state index in [2.05, 4.69) is 31.9 Å². The van der Waals surface area contributed by atoms with Gasteiger partial charge in [0, 0.05) is 17.1 Å². The molecule has 9 heteroatoms. The smallest absolute Gasteiger partial charge is 0.228 e. The highest BCUT2D eigenvalue weighted by molar-refractivity contribution is 9.10. The maximum atomic E-state index is 11.1. The van der Waals surface area contributed by atoms with Crippen LogP contribution in [0.2, 0.25) is 0 Å². The van der Waals surface area contributed by atoms with Gasteiger partial charge >= 0.3 is 0 Å². The normalized spacial score (nSPS) is 12.4. The summed E-state index contributed by atoms with van der Waals surface area (Å²) in [5.74, 6) is -0.348. The van der Waals surface area contributed by atoms with Gasteiger partial charge in [-0.05, 0) is 30.4 Å². The zero-order chi connectivity index (χ0) is 15.3. The third-order valence-electron chi connectivity index (χ3n) is 2.03. The number of thiocarbonyl (C=S) groups is 1. The van der Waals surface area contributed by atoms with Gasteiger partial charge in [0.15, 0.2) is 5.11 Å². The summed E-state index contributed by atoms with van der Waals surface area (Å²) in [5.41, 5.74) is 0.753. The van der Waals surface area contributed by atoms with E-state index in [1.807, 2.05) is 24.3 Å². The quantitative estimate of drug-likeness (QED) is 0.398. The summed E-state index contributed by atoms with van der Waals surface area (Å²) in [6.45, 7) is 1.32. The Morgan fingerprint density at radius 3 is 2.50 bits per heavy atom. The lowest BCUT2D eigenvalue weighted by molar-refractivity contribution is -0.119. The fraction of sp³-hybridized carbons (Fsp3) is 0.273. The Morgan fingerprint density at radius 2 is 2.00 bits per heavy atom. The molecule has 110 valence electrons. The van der Waals surface area contributed by atoms with Crippen molar-refractivity contribution in [2.45, 2.75) is 16.9 Å². The van der Waals surface area contributed by atoms with Gasteiger partial charge in [-0.1, -0.05) is 56.8 Å². The Morgan fingerprint density at radius 1 is 1.35 bits per heavy atom. The molecule has 0 aliphatic carbocycles. The van der Waals surface area contributed by atoms with Crippen LogP contribution >= 0.6 is 63.0 Å². The molecule has 1 atom stereocenters. The largest absolute Gasteiger partial charge is 0.339 e. The topological polar surface area (TPSA) is 53.2 Å². The summed E-state index contributed by atoms with van der Waals surface area (Å²) >= 11 is 25.8. The van der Waals surface area contributed by atoms with Crippen molar-refractivity contribution in [1.29, 1.82) is 0 Å². The Kier molecular flexibility index (Phi) is 6.81. The highest BCUT2D eigenvalue weighted by Crippen LogP contribution is 2.29. The average Bonchev–Trinajstić information content (AvgIpc) is 2.26. The SMILES string of the molecule is CC(=O)N[C@@H](NC(=S)Nc1cccc(Br)c1)C(Cl)(Cl)Cl. The summed E-state index contributed by atoms with van der Waals surface area (Å²) < 4.78 is -0.848. The first-order valence-corrected chi connectivity index (χ1v) is 7.69. The van der Waals surface area contributed by atoms with Crippen LogP contribution < -0.4 is 16.0 Å². The lowest BCUT2D eigenvalue weighted by atomic mass is 10.3. The van der Waals surface area contributed by atoms with Gasteiger partial charge in [0.25, 0.3) is 0 Å². The molecule has 1 rings (SSSR count). The van der Waals surface area contributed by atoms with Crippen molar-refractivity contribution >= 4 is 79.7 Å². The second kappa shape index (κ2) is 7.66. The van der Waals surface area contributed by atoms with Crippen LogP contribution in [0.1, 0.15) is 6.92 Å². The van der Waals surface area contributed by atoms with E-state index in [1.54, 1.807) is 0 Å². The molecule has 0 aromatic heterocycles. The van der Waals surface area contributed by atoms with E-state index in [-0.39, 0.29) is 11.0 Å². The monoisotopic (exact) mass is 417 g/mol. The molecule has 0 bridgehead atoms. The van der Waals surface area contributed by atoms with E-state index < -0.39 is 9.96 Å². The zero-order valence-electron chi connectivity index (χ0n) is 10.2. The van der Waals surface area contributed by atoms with Crippen molar-refractivity contribution in [3.8, 4) is 0 Å². The number of halogens is 4. The van der Waals surface area contributed by atoms with Crippen LogP contribution in [0.3, 0.4) is 0 Å². The summed E-state index contributed by atoms with van der Waals surface area (Å²) in [5, 5.41) is 8.34. The summed E-state index contributed by atoms with van der Waals surface area (Å²) in [6.07, 6.45) is -0.947. The number of anilines is 1. The molecule has 0 fully saturated rings. The number of benzene rings is 1. The lowest BCUT2D eigenvalue weighted by Gasteiger charge is -2.27. The van der Waals surface area contributed by atoms with Gasteiger partial charge in [-0.15, -0.1) is 0 Å². The van der Waals surface area contributed by atoms with Crippen molar-refractivity contribution in [2.75, 3.05) is 5.32 Å². The zero-order valence-corrected chi connectivity index (χ0v) is 14.9. The van der Waals surface area contributed by atoms with Crippen LogP contribution in [0.5, 0.6) is 0 Å². The molecule has 0 spiro atoms. The number of carbonyl (C=O) groups is 1. The number of hydrogen-bond acceptors (Lipinski definition) is 2. The maximum absolute atomic E-state index is 11.1. The fourth-order valence-corrected chi connectivity index (χ4v) is 2.23. The van der Waals surface area contributed by atoms with Gasteiger partial charge in [-0.3, -0.25) is 4.79 Å². The van der Waals surface area contributed by atoms with Crippen molar-refractivity contribution in [3.05, 3.63) is 28.7 Å². The van der Waals surface area contributed by atoms with E-state index in [9.17, 15) is 4.79 Å². The minimum atomic E-state index is -1.74. The number of alkyl halides is 3. The highest BCUT2D eigenvalue weighted by Gasteiger charge is 2.33. The van der Waals surface area contributed by atoms with Crippen molar-refractivity contribution in [2.24, 2.45) is 0 Å². The molecule has 0 saturated heterocycles. The molecular weight excluding hydrogens is 408 g/mol. The molecular formula is C11H11BrCl3N3OS. The first kappa shape index (κ1) is 17.8. The minimum absolute atomic E-state index is 0.216. The van der Waals surface area contributed by atoms with Crippen molar-refractivity contribution < 1.29 is 4.79 Å². The van der Waals surface area contributed by atoms with Crippen molar-refractivity contribution in [1.82, 2.24) is 10.6 Å². The Bertz CT molecular complexity index is 510. The third-order valence-corrected chi connectivity index (χ3v) is 3.40. The average molecular weight is 420 g/mol. The second-order valence-corrected chi connectivity index (χ2v) is 7.48. The van der Waals surface area contributed by atoms with E-state index in [4.69, 9.17) is 47.0 Å². The number of amides is 1. The van der Waals surface area contributed by atoms with Crippen LogP contribution in [0.15, 0.2) is 28.7 Å². The first-order chi connectivity index (χ1) is 9.18. The second-order valence-electron chi connectivity index (χ2n) is 3.78. The number of carbonyl (C=O) groups excluding carboxylic acids is 1. The van der Waals surface area contributed by atoms with Gasteiger partial charge in [0.05, 0.1) is 0 Å². The maximum Gasteiger partial charge on any atom is 0.228 e. The standard InChI is InChI=1S/C11H11BrCl3N3OS/c1-6(19)16-9(11(13,14)15)18-10(20)17-8-4-2-3-7(12)5-8/h2-5,9H,1H3,(H,16,19)(H2,17,18,20)/t9-/m0/s1. The van der Waals surface area contributed by atoms with E-state index in [0.717, 1.165) is 10.2 Å². The fourth-order valence-electron chi connectivity index (χ4n) is 1.27. The molecule has 4 nitrogen and oxygen atoms in total.